The van der Waals surface area contributed by atoms with Gasteiger partial charge in [0.05, 0.1) is 7.11 Å². The Morgan fingerprint density at radius 3 is 2.46 bits per heavy atom. The van der Waals surface area contributed by atoms with Gasteiger partial charge >= 0.3 is 5.97 Å². The number of rotatable bonds is 8. The minimum atomic E-state index is -0.995. The molecule has 0 aliphatic rings. The highest BCUT2D eigenvalue weighted by atomic mass is 19.1. The van der Waals surface area contributed by atoms with Gasteiger partial charge in [-0.1, -0.05) is 24.3 Å². The van der Waals surface area contributed by atoms with Gasteiger partial charge in [-0.2, -0.15) is 0 Å². The molecular formula is C19H20FNO5. The molecule has 26 heavy (non-hydrogen) atoms. The van der Waals surface area contributed by atoms with E-state index in [9.17, 15) is 14.0 Å². The fourth-order valence-electron chi connectivity index (χ4n) is 2.06. The van der Waals surface area contributed by atoms with Gasteiger partial charge in [0, 0.05) is 6.54 Å². The van der Waals surface area contributed by atoms with Crippen molar-refractivity contribution in [3.05, 3.63) is 59.9 Å². The molecular weight excluding hydrogens is 341 g/mol. The van der Waals surface area contributed by atoms with Crippen molar-refractivity contribution in [2.24, 2.45) is 0 Å². The molecule has 0 bridgehead atoms. The molecule has 0 unspecified atom stereocenters. The Hall–Kier alpha value is -3.09. The zero-order valence-electron chi connectivity index (χ0n) is 14.5. The second-order valence-corrected chi connectivity index (χ2v) is 5.42. The molecule has 1 N–H and O–H groups in total. The van der Waals surface area contributed by atoms with Crippen molar-refractivity contribution >= 4 is 11.9 Å². The quantitative estimate of drug-likeness (QED) is 0.731. The van der Waals surface area contributed by atoms with Crippen molar-refractivity contribution in [1.29, 1.82) is 0 Å². The summed E-state index contributed by atoms with van der Waals surface area (Å²) in [5.41, 5.74) is 0.876. The van der Waals surface area contributed by atoms with Gasteiger partial charge in [-0.15, -0.1) is 0 Å². The van der Waals surface area contributed by atoms with E-state index in [0.717, 1.165) is 11.3 Å². The van der Waals surface area contributed by atoms with E-state index in [4.69, 9.17) is 14.2 Å². The lowest BCUT2D eigenvalue weighted by Crippen LogP contribution is -2.36. The van der Waals surface area contributed by atoms with Gasteiger partial charge in [-0.05, 0) is 36.8 Å². The molecule has 0 aromatic heterocycles. The molecule has 0 saturated carbocycles. The van der Waals surface area contributed by atoms with Gasteiger partial charge in [0.2, 0.25) is 0 Å². The zero-order valence-corrected chi connectivity index (χ0v) is 14.5. The van der Waals surface area contributed by atoms with Crippen LogP contribution >= 0.6 is 0 Å². The van der Waals surface area contributed by atoms with Crippen LogP contribution in [0.25, 0.3) is 0 Å². The zero-order chi connectivity index (χ0) is 18.9. The van der Waals surface area contributed by atoms with Crippen LogP contribution in [0.1, 0.15) is 12.5 Å². The summed E-state index contributed by atoms with van der Waals surface area (Å²) >= 11 is 0. The van der Waals surface area contributed by atoms with Crippen LogP contribution in [-0.2, 0) is 20.9 Å². The molecule has 1 amide bonds. The second-order valence-electron chi connectivity index (χ2n) is 5.42. The molecule has 6 nitrogen and oxygen atoms in total. The highest BCUT2D eigenvalue weighted by Gasteiger charge is 2.18. The predicted octanol–water partition coefficient (Wildman–Crippen LogP) is 2.46. The lowest BCUT2D eigenvalue weighted by Gasteiger charge is -2.14. The standard InChI is InChI=1S/C19H20FNO5/c1-13(19(23)21-11-14-7-9-15(24-2)10-8-14)26-18(22)12-25-17-6-4-3-5-16(17)20/h3-10,13H,11-12H2,1-2H3,(H,21,23)/t13-/m0/s1. The lowest BCUT2D eigenvalue weighted by atomic mass is 10.2. The predicted molar refractivity (Wildman–Crippen MR) is 92.3 cm³/mol. The lowest BCUT2D eigenvalue weighted by molar-refractivity contribution is -0.156. The molecule has 0 aliphatic carbocycles. The third kappa shape index (κ3) is 5.77. The van der Waals surface area contributed by atoms with Crippen LogP contribution in [0, 0.1) is 5.82 Å². The number of para-hydroxylation sites is 1. The maximum absolute atomic E-state index is 13.4. The fourth-order valence-corrected chi connectivity index (χ4v) is 2.06. The van der Waals surface area contributed by atoms with Crippen molar-refractivity contribution in [2.75, 3.05) is 13.7 Å². The minimum Gasteiger partial charge on any atom is -0.497 e. The Bertz CT molecular complexity index is 748. The summed E-state index contributed by atoms with van der Waals surface area (Å²) in [6.07, 6.45) is -0.995. The van der Waals surface area contributed by atoms with Gasteiger partial charge in [0.15, 0.2) is 24.3 Å². The summed E-state index contributed by atoms with van der Waals surface area (Å²) in [4.78, 5) is 23.7. The van der Waals surface area contributed by atoms with E-state index in [1.54, 1.807) is 25.3 Å². The van der Waals surface area contributed by atoms with Crippen LogP contribution in [0.3, 0.4) is 0 Å². The SMILES string of the molecule is COc1ccc(CNC(=O)[C@H](C)OC(=O)COc2ccccc2F)cc1. The number of carbonyl (C=O) groups excluding carboxylic acids is 2. The first kappa shape index (κ1) is 19.2. The van der Waals surface area contributed by atoms with Gasteiger partial charge in [0.1, 0.15) is 5.75 Å². The van der Waals surface area contributed by atoms with Crippen molar-refractivity contribution < 1.29 is 28.2 Å². The summed E-state index contributed by atoms with van der Waals surface area (Å²) < 4.78 is 28.5. The molecule has 7 heteroatoms. The van der Waals surface area contributed by atoms with Crippen LogP contribution in [0.4, 0.5) is 4.39 Å². The largest absolute Gasteiger partial charge is 0.497 e. The van der Waals surface area contributed by atoms with Gasteiger partial charge in [-0.3, -0.25) is 4.79 Å². The Labute approximate surface area is 150 Å². The summed E-state index contributed by atoms with van der Waals surface area (Å²) in [7, 11) is 1.57. The van der Waals surface area contributed by atoms with Crippen molar-refractivity contribution in [1.82, 2.24) is 5.32 Å². The number of amides is 1. The molecule has 2 aromatic rings. The molecule has 0 radical (unpaired) electrons. The molecule has 2 rings (SSSR count). The summed E-state index contributed by atoms with van der Waals surface area (Å²) in [6.45, 7) is 1.25. The molecule has 0 saturated heterocycles. The van der Waals surface area contributed by atoms with E-state index in [2.05, 4.69) is 5.32 Å². The molecule has 1 atom stereocenters. The first-order chi connectivity index (χ1) is 12.5. The first-order valence-corrected chi connectivity index (χ1v) is 7.97. The highest BCUT2D eigenvalue weighted by molar-refractivity contribution is 5.83. The van der Waals surface area contributed by atoms with E-state index in [-0.39, 0.29) is 12.3 Å². The van der Waals surface area contributed by atoms with Crippen LogP contribution in [0.5, 0.6) is 11.5 Å². The average Bonchev–Trinajstić information content (AvgIpc) is 2.65. The van der Waals surface area contributed by atoms with E-state index in [1.807, 2.05) is 12.1 Å². The topological polar surface area (TPSA) is 73.9 Å². The Morgan fingerprint density at radius 1 is 1.12 bits per heavy atom. The van der Waals surface area contributed by atoms with E-state index >= 15 is 0 Å². The number of methoxy groups -OCH3 is 1. The van der Waals surface area contributed by atoms with E-state index < -0.39 is 30.4 Å². The Morgan fingerprint density at radius 2 is 1.81 bits per heavy atom. The smallest absolute Gasteiger partial charge is 0.344 e. The fraction of sp³-hybridized carbons (Fsp3) is 0.263. The Kier molecular flexibility index (Phi) is 6.96. The number of halogens is 1. The average molecular weight is 361 g/mol. The normalized spacial score (nSPS) is 11.3. The molecule has 0 fully saturated rings. The van der Waals surface area contributed by atoms with Crippen LogP contribution in [0.2, 0.25) is 0 Å². The van der Waals surface area contributed by atoms with E-state index in [1.165, 1.54) is 25.1 Å². The number of hydrogen-bond donors (Lipinski definition) is 1. The van der Waals surface area contributed by atoms with Crippen molar-refractivity contribution in [3.8, 4) is 11.5 Å². The minimum absolute atomic E-state index is 0.0546. The number of esters is 1. The van der Waals surface area contributed by atoms with E-state index in [0.29, 0.717) is 0 Å². The van der Waals surface area contributed by atoms with Gasteiger partial charge < -0.3 is 19.5 Å². The highest BCUT2D eigenvalue weighted by Crippen LogP contribution is 2.15. The van der Waals surface area contributed by atoms with Gasteiger partial charge in [0.25, 0.3) is 5.91 Å². The monoisotopic (exact) mass is 361 g/mol. The third-order valence-corrected chi connectivity index (χ3v) is 3.49. The van der Waals surface area contributed by atoms with Crippen molar-refractivity contribution in [3.63, 3.8) is 0 Å². The second kappa shape index (κ2) is 9.41. The number of ether oxygens (including phenoxy) is 3. The Balaban J connectivity index is 1.75. The number of nitrogens with one attached hydrogen (secondary N) is 1. The van der Waals surface area contributed by atoms with Crippen LogP contribution in [-0.4, -0.2) is 31.7 Å². The maximum atomic E-state index is 13.4. The molecule has 0 spiro atoms. The number of carbonyl (C=O) groups is 2. The summed E-state index contributed by atoms with van der Waals surface area (Å²) in [5.74, 6) is -1.12. The van der Waals surface area contributed by atoms with Crippen LogP contribution < -0.4 is 14.8 Å². The van der Waals surface area contributed by atoms with Crippen LogP contribution in [0.15, 0.2) is 48.5 Å². The van der Waals surface area contributed by atoms with Gasteiger partial charge in [-0.25, -0.2) is 9.18 Å². The number of benzene rings is 2. The third-order valence-electron chi connectivity index (χ3n) is 3.49. The van der Waals surface area contributed by atoms with Crippen molar-refractivity contribution in [2.45, 2.75) is 19.6 Å². The molecule has 0 aliphatic heterocycles. The molecule has 0 heterocycles. The first-order valence-electron chi connectivity index (χ1n) is 7.97. The summed E-state index contributed by atoms with van der Waals surface area (Å²) in [5, 5.41) is 2.67. The number of hydrogen-bond acceptors (Lipinski definition) is 5. The molecule has 2 aromatic carbocycles. The molecule has 138 valence electrons. The maximum Gasteiger partial charge on any atom is 0.344 e. The summed E-state index contributed by atoms with van der Waals surface area (Å²) in [6, 6.07) is 12.9.